The Balaban J connectivity index is 1.52. The summed E-state index contributed by atoms with van der Waals surface area (Å²) in [5.41, 5.74) is 4.96. The lowest BCUT2D eigenvalue weighted by molar-refractivity contribution is -0.121. The van der Waals surface area contributed by atoms with Crippen molar-refractivity contribution in [2.24, 2.45) is 0 Å². The molecule has 0 N–H and O–H groups in total. The van der Waals surface area contributed by atoms with Gasteiger partial charge < -0.3 is 9.30 Å². The van der Waals surface area contributed by atoms with Gasteiger partial charge in [-0.1, -0.05) is 42.2 Å². The van der Waals surface area contributed by atoms with Crippen LogP contribution in [0.25, 0.3) is 11.8 Å². The van der Waals surface area contributed by atoms with Crippen molar-refractivity contribution in [1.82, 2.24) is 9.47 Å². The van der Waals surface area contributed by atoms with Crippen molar-refractivity contribution in [3.63, 3.8) is 0 Å². The third-order valence-corrected chi connectivity index (χ3v) is 6.73. The van der Waals surface area contributed by atoms with E-state index < -0.39 is 0 Å². The van der Waals surface area contributed by atoms with Gasteiger partial charge in [0.05, 0.1) is 4.91 Å². The number of halogens is 1. The molecular formula is C26H23FN2O2S2. The lowest BCUT2D eigenvalue weighted by Crippen LogP contribution is -2.27. The van der Waals surface area contributed by atoms with Crippen LogP contribution in [-0.4, -0.2) is 26.2 Å². The zero-order valence-corrected chi connectivity index (χ0v) is 20.0. The van der Waals surface area contributed by atoms with Crippen LogP contribution in [0.1, 0.15) is 22.5 Å². The number of thioether (sulfide) groups is 1. The number of aryl methyl sites for hydroxylation is 1. The zero-order valence-electron chi connectivity index (χ0n) is 18.4. The first-order chi connectivity index (χ1) is 15.9. The Morgan fingerprint density at radius 3 is 2.48 bits per heavy atom. The molecule has 1 saturated heterocycles. The number of thiocarbonyl (C=S) groups is 1. The van der Waals surface area contributed by atoms with E-state index in [9.17, 15) is 9.18 Å². The van der Waals surface area contributed by atoms with E-state index in [1.165, 1.54) is 23.9 Å². The van der Waals surface area contributed by atoms with E-state index in [1.807, 2.05) is 44.2 Å². The monoisotopic (exact) mass is 478 g/mol. The van der Waals surface area contributed by atoms with Gasteiger partial charge in [-0.3, -0.25) is 9.69 Å². The fourth-order valence-electron chi connectivity index (χ4n) is 3.70. The van der Waals surface area contributed by atoms with E-state index in [-0.39, 0.29) is 11.7 Å². The van der Waals surface area contributed by atoms with Gasteiger partial charge in [-0.15, -0.1) is 6.58 Å². The van der Waals surface area contributed by atoms with Crippen LogP contribution in [0.5, 0.6) is 5.75 Å². The molecule has 4 rings (SSSR count). The van der Waals surface area contributed by atoms with Gasteiger partial charge in [-0.25, -0.2) is 4.39 Å². The van der Waals surface area contributed by atoms with Gasteiger partial charge in [0.1, 0.15) is 22.5 Å². The van der Waals surface area contributed by atoms with E-state index in [4.69, 9.17) is 17.0 Å². The van der Waals surface area contributed by atoms with Crippen molar-refractivity contribution < 1.29 is 13.9 Å². The molecule has 1 amide bonds. The summed E-state index contributed by atoms with van der Waals surface area (Å²) in [5, 5.41) is 0. The first-order valence-corrected chi connectivity index (χ1v) is 11.6. The number of rotatable bonds is 7. The Kier molecular flexibility index (Phi) is 6.81. The highest BCUT2D eigenvalue weighted by Crippen LogP contribution is 2.34. The molecule has 1 fully saturated rings. The average Bonchev–Trinajstić information content (AvgIpc) is 3.23. The van der Waals surface area contributed by atoms with E-state index in [2.05, 4.69) is 17.2 Å². The Labute approximate surface area is 202 Å². The summed E-state index contributed by atoms with van der Waals surface area (Å²) in [6.07, 6.45) is 3.58. The quantitative estimate of drug-likeness (QED) is 0.230. The number of carbonyl (C=O) groups excluding carboxylic acids is 1. The van der Waals surface area contributed by atoms with E-state index in [0.717, 1.165) is 34.0 Å². The third kappa shape index (κ3) is 4.94. The maximum absolute atomic E-state index is 13.0. The highest BCUT2D eigenvalue weighted by atomic mass is 32.2. The summed E-state index contributed by atoms with van der Waals surface area (Å²) in [5.74, 6) is 0.386. The van der Waals surface area contributed by atoms with Crippen LogP contribution in [-0.2, 0) is 11.4 Å². The van der Waals surface area contributed by atoms with E-state index in [0.29, 0.717) is 22.4 Å². The van der Waals surface area contributed by atoms with E-state index in [1.54, 1.807) is 23.1 Å². The van der Waals surface area contributed by atoms with Crippen molar-refractivity contribution in [2.45, 2.75) is 20.5 Å². The van der Waals surface area contributed by atoms with E-state index >= 15 is 0 Å². The number of hydrogen-bond acceptors (Lipinski definition) is 4. The molecule has 168 valence electrons. The van der Waals surface area contributed by atoms with Gasteiger partial charge in [-0.05, 0) is 73.5 Å². The summed E-state index contributed by atoms with van der Waals surface area (Å²) in [4.78, 5) is 14.8. The summed E-state index contributed by atoms with van der Waals surface area (Å²) in [7, 11) is 0. The Bertz CT molecular complexity index is 1240. The second kappa shape index (κ2) is 9.77. The number of nitrogens with zero attached hydrogens (tertiary/aromatic N) is 2. The number of benzene rings is 2. The smallest absolute Gasteiger partial charge is 0.266 e. The molecule has 1 aliphatic rings. The molecule has 0 bridgehead atoms. The van der Waals surface area contributed by atoms with Crippen LogP contribution in [0.2, 0.25) is 0 Å². The number of carbonyl (C=O) groups is 1. The largest absolute Gasteiger partial charge is 0.489 e. The fraction of sp³-hybridized carbons (Fsp3) is 0.154. The van der Waals surface area contributed by atoms with Gasteiger partial charge >= 0.3 is 0 Å². The molecule has 2 aromatic carbocycles. The van der Waals surface area contributed by atoms with Crippen LogP contribution >= 0.6 is 24.0 Å². The Hall–Kier alpha value is -3.16. The fourth-order valence-corrected chi connectivity index (χ4v) is 4.96. The number of hydrogen-bond donors (Lipinski definition) is 0. The summed E-state index contributed by atoms with van der Waals surface area (Å²) < 4.78 is 21.6. The minimum atomic E-state index is -0.261. The van der Waals surface area contributed by atoms with Crippen LogP contribution in [0.3, 0.4) is 0 Å². The van der Waals surface area contributed by atoms with Gasteiger partial charge in [0, 0.05) is 23.6 Å². The topological polar surface area (TPSA) is 34.5 Å². The number of amides is 1. The van der Waals surface area contributed by atoms with Gasteiger partial charge in [0.25, 0.3) is 5.91 Å². The van der Waals surface area contributed by atoms with Crippen LogP contribution < -0.4 is 4.74 Å². The van der Waals surface area contributed by atoms with Gasteiger partial charge in [0.2, 0.25) is 0 Å². The van der Waals surface area contributed by atoms with Crippen LogP contribution in [0.15, 0.2) is 72.2 Å². The second-order valence-electron chi connectivity index (χ2n) is 7.65. The zero-order chi connectivity index (χ0) is 23.5. The first-order valence-electron chi connectivity index (χ1n) is 10.4. The summed E-state index contributed by atoms with van der Waals surface area (Å²) in [6.45, 7) is 8.54. The molecule has 0 aliphatic carbocycles. The van der Waals surface area contributed by atoms with Crippen molar-refractivity contribution in [1.29, 1.82) is 0 Å². The lowest BCUT2D eigenvalue weighted by atomic mass is 10.2. The van der Waals surface area contributed by atoms with Crippen molar-refractivity contribution in [3.05, 3.63) is 100 Å². The molecule has 4 nitrogen and oxygen atoms in total. The first kappa shape index (κ1) is 23.0. The van der Waals surface area contributed by atoms with Gasteiger partial charge in [0.15, 0.2) is 0 Å². The van der Waals surface area contributed by atoms with Crippen molar-refractivity contribution in [2.75, 3.05) is 6.54 Å². The summed E-state index contributed by atoms with van der Waals surface area (Å²) >= 11 is 6.65. The van der Waals surface area contributed by atoms with Gasteiger partial charge in [-0.2, -0.15) is 0 Å². The normalized spacial score (nSPS) is 14.9. The molecule has 1 aromatic heterocycles. The molecule has 33 heavy (non-hydrogen) atoms. The van der Waals surface area contributed by atoms with Crippen molar-refractivity contribution >= 4 is 40.3 Å². The predicted octanol–water partition coefficient (Wildman–Crippen LogP) is 6.20. The highest BCUT2D eigenvalue weighted by molar-refractivity contribution is 8.26. The molecule has 2 heterocycles. The minimum Gasteiger partial charge on any atom is -0.489 e. The number of aromatic nitrogens is 1. The SMILES string of the molecule is C=CCN1C(=O)/C(=C/c2cc(C)n(-c3ccc(OCc4ccc(F)cc4)cc3)c2C)SC1=S. The molecule has 0 spiro atoms. The predicted molar refractivity (Wildman–Crippen MR) is 136 cm³/mol. The Morgan fingerprint density at radius 1 is 1.12 bits per heavy atom. The molecular weight excluding hydrogens is 455 g/mol. The van der Waals surface area contributed by atoms with Crippen molar-refractivity contribution in [3.8, 4) is 11.4 Å². The molecule has 0 unspecified atom stereocenters. The number of ether oxygens (including phenoxy) is 1. The summed E-state index contributed by atoms with van der Waals surface area (Å²) in [6, 6.07) is 16.2. The molecule has 0 radical (unpaired) electrons. The molecule has 1 aliphatic heterocycles. The molecule has 0 atom stereocenters. The maximum Gasteiger partial charge on any atom is 0.266 e. The molecule has 0 saturated carbocycles. The molecule has 7 heteroatoms. The van der Waals surface area contributed by atoms with Crippen LogP contribution in [0.4, 0.5) is 4.39 Å². The standard InChI is InChI=1S/C26H23FN2O2S2/c1-4-13-28-25(30)24(33-26(28)32)15-20-14-17(2)29(18(20)3)22-9-11-23(12-10-22)31-16-19-5-7-21(27)8-6-19/h4-12,14-15H,1,13,16H2,2-3H3/b24-15-. The minimum absolute atomic E-state index is 0.0858. The van der Waals surface area contributed by atoms with Crippen LogP contribution in [0, 0.1) is 19.7 Å². The molecule has 3 aromatic rings. The second-order valence-corrected chi connectivity index (χ2v) is 9.33. The highest BCUT2D eigenvalue weighted by Gasteiger charge is 2.31. The lowest BCUT2D eigenvalue weighted by Gasteiger charge is -2.12. The third-order valence-electron chi connectivity index (χ3n) is 5.36. The Morgan fingerprint density at radius 2 is 1.82 bits per heavy atom. The maximum atomic E-state index is 13.0. The average molecular weight is 479 g/mol.